The maximum absolute atomic E-state index is 11.6. The molecule has 33 heavy (non-hydrogen) atoms. The van der Waals surface area contributed by atoms with Gasteiger partial charge in [0.2, 0.25) is 0 Å². The van der Waals surface area contributed by atoms with E-state index in [1.165, 1.54) is 37.7 Å². The zero-order valence-electron chi connectivity index (χ0n) is 20.4. The molecule has 1 aromatic carbocycles. The molecular formula is C28H39NO4. The Bertz CT molecular complexity index is 904. The first-order chi connectivity index (χ1) is 15.8. The standard InChI is InChI=1S/C28H39NO4/c1-28(2,3)17-20-14-23(15-20)27-25(21-11-12-21)26(29-33-27)22(16-24(30)31)10-7-13-32-18-19-8-5-4-6-9-19/h4-6,8-9,20-23H,7,10-18H2,1-3H3,(H,30,31). The van der Waals surface area contributed by atoms with E-state index >= 15 is 0 Å². The molecule has 0 saturated heterocycles. The minimum absolute atomic E-state index is 0.0989. The molecular weight excluding hydrogens is 414 g/mol. The van der Waals surface area contributed by atoms with Crippen molar-refractivity contribution in [3.05, 3.63) is 52.9 Å². The lowest BCUT2D eigenvalue weighted by atomic mass is 9.66. The monoisotopic (exact) mass is 453 g/mol. The van der Waals surface area contributed by atoms with Crippen LogP contribution >= 0.6 is 0 Å². The van der Waals surface area contributed by atoms with Gasteiger partial charge in [-0.15, -0.1) is 0 Å². The Balaban J connectivity index is 1.37. The summed E-state index contributed by atoms with van der Waals surface area (Å²) in [6, 6.07) is 10.1. The highest BCUT2D eigenvalue weighted by atomic mass is 16.5. The number of hydrogen-bond acceptors (Lipinski definition) is 4. The van der Waals surface area contributed by atoms with Crippen LogP contribution in [0.2, 0.25) is 0 Å². The SMILES string of the molecule is CC(C)(C)CC1CC(c2onc(C(CCCOCc3ccccc3)CC(=O)O)c2C2CC2)C1. The van der Waals surface area contributed by atoms with Crippen LogP contribution in [0.15, 0.2) is 34.9 Å². The van der Waals surface area contributed by atoms with Gasteiger partial charge in [-0.2, -0.15) is 0 Å². The zero-order chi connectivity index (χ0) is 23.4. The third kappa shape index (κ3) is 6.69. The van der Waals surface area contributed by atoms with E-state index in [0.29, 0.717) is 30.5 Å². The fourth-order valence-corrected chi connectivity index (χ4v) is 5.42. The third-order valence-electron chi connectivity index (χ3n) is 7.04. The molecule has 5 heteroatoms. The van der Waals surface area contributed by atoms with Gasteiger partial charge in [-0.05, 0) is 67.8 Å². The Morgan fingerprint density at radius 2 is 1.91 bits per heavy atom. The average molecular weight is 454 g/mol. The highest BCUT2D eigenvalue weighted by Crippen LogP contribution is 2.53. The van der Waals surface area contributed by atoms with Gasteiger partial charge < -0.3 is 14.4 Å². The van der Waals surface area contributed by atoms with Gasteiger partial charge >= 0.3 is 5.97 Å². The van der Waals surface area contributed by atoms with E-state index in [-0.39, 0.29) is 12.3 Å². The molecule has 180 valence electrons. The van der Waals surface area contributed by atoms with Gasteiger partial charge in [0.25, 0.3) is 0 Å². The predicted molar refractivity (Wildman–Crippen MR) is 128 cm³/mol. The molecule has 4 rings (SSSR count). The normalized spacial score (nSPS) is 21.5. The Morgan fingerprint density at radius 3 is 2.55 bits per heavy atom. The molecule has 2 aliphatic rings. The van der Waals surface area contributed by atoms with Crippen LogP contribution in [0.1, 0.15) is 112 Å². The first kappa shape index (κ1) is 24.0. The summed E-state index contributed by atoms with van der Waals surface area (Å²) in [5.41, 5.74) is 3.68. The van der Waals surface area contributed by atoms with Crippen LogP contribution in [0.5, 0.6) is 0 Å². The molecule has 2 fully saturated rings. The lowest BCUT2D eigenvalue weighted by Crippen LogP contribution is -2.26. The first-order valence-electron chi connectivity index (χ1n) is 12.6. The van der Waals surface area contributed by atoms with Crippen LogP contribution in [0.3, 0.4) is 0 Å². The maximum Gasteiger partial charge on any atom is 0.304 e. The Morgan fingerprint density at radius 1 is 1.18 bits per heavy atom. The van der Waals surface area contributed by atoms with Crippen molar-refractivity contribution in [2.45, 2.75) is 96.5 Å². The minimum Gasteiger partial charge on any atom is -0.481 e. The smallest absolute Gasteiger partial charge is 0.304 e. The van der Waals surface area contributed by atoms with E-state index in [0.717, 1.165) is 35.8 Å². The number of hydrogen-bond donors (Lipinski definition) is 1. The summed E-state index contributed by atoms with van der Waals surface area (Å²) >= 11 is 0. The van der Waals surface area contributed by atoms with Gasteiger partial charge in [0.15, 0.2) is 0 Å². The number of nitrogens with zero attached hydrogens (tertiary/aromatic N) is 1. The van der Waals surface area contributed by atoms with Crippen LogP contribution in [-0.2, 0) is 16.1 Å². The maximum atomic E-state index is 11.6. The van der Waals surface area contributed by atoms with E-state index in [1.807, 2.05) is 18.2 Å². The largest absolute Gasteiger partial charge is 0.481 e. The number of ether oxygens (including phenoxy) is 1. The van der Waals surface area contributed by atoms with E-state index in [9.17, 15) is 9.90 Å². The molecule has 1 heterocycles. The van der Waals surface area contributed by atoms with E-state index in [1.54, 1.807) is 0 Å². The molecule has 1 unspecified atom stereocenters. The number of benzene rings is 1. The van der Waals surface area contributed by atoms with Gasteiger partial charge in [0.1, 0.15) is 5.76 Å². The van der Waals surface area contributed by atoms with Crippen molar-refractivity contribution in [2.75, 3.05) is 6.61 Å². The second-order valence-corrected chi connectivity index (χ2v) is 11.4. The first-order valence-corrected chi connectivity index (χ1v) is 12.6. The second kappa shape index (κ2) is 10.4. The topological polar surface area (TPSA) is 72.6 Å². The lowest BCUT2D eigenvalue weighted by molar-refractivity contribution is -0.137. The second-order valence-electron chi connectivity index (χ2n) is 11.4. The summed E-state index contributed by atoms with van der Waals surface area (Å²) in [6.07, 6.45) is 7.58. The Kier molecular flexibility index (Phi) is 7.58. The van der Waals surface area contributed by atoms with Crippen molar-refractivity contribution in [2.24, 2.45) is 11.3 Å². The molecule has 0 bridgehead atoms. The van der Waals surface area contributed by atoms with Crippen LogP contribution in [0.25, 0.3) is 0 Å². The van der Waals surface area contributed by atoms with Crippen molar-refractivity contribution in [1.82, 2.24) is 5.16 Å². The van der Waals surface area contributed by atoms with Crippen molar-refractivity contribution < 1.29 is 19.2 Å². The molecule has 0 radical (unpaired) electrons. The number of carboxylic acids is 1. The lowest BCUT2D eigenvalue weighted by Gasteiger charge is -2.38. The summed E-state index contributed by atoms with van der Waals surface area (Å²) in [7, 11) is 0. The number of carboxylic acid groups (broad SMARTS) is 1. The predicted octanol–water partition coefficient (Wildman–Crippen LogP) is 7.04. The molecule has 2 aliphatic carbocycles. The molecule has 0 amide bonds. The fourth-order valence-electron chi connectivity index (χ4n) is 5.42. The zero-order valence-corrected chi connectivity index (χ0v) is 20.4. The van der Waals surface area contributed by atoms with Crippen LogP contribution in [0, 0.1) is 11.3 Å². The molecule has 1 aromatic heterocycles. The van der Waals surface area contributed by atoms with E-state index in [4.69, 9.17) is 9.26 Å². The summed E-state index contributed by atoms with van der Waals surface area (Å²) in [5, 5.41) is 14.1. The van der Waals surface area contributed by atoms with Crippen LogP contribution in [0.4, 0.5) is 0 Å². The number of aromatic nitrogens is 1. The molecule has 5 nitrogen and oxygen atoms in total. The summed E-state index contributed by atoms with van der Waals surface area (Å²) in [5.74, 6) is 1.90. The summed E-state index contributed by atoms with van der Waals surface area (Å²) in [6.45, 7) is 8.13. The quantitative estimate of drug-likeness (QED) is 0.349. The number of carbonyl (C=O) groups is 1. The van der Waals surface area contributed by atoms with Gasteiger partial charge in [-0.25, -0.2) is 0 Å². The Labute approximate surface area is 197 Å². The average Bonchev–Trinajstić information content (AvgIpc) is 3.48. The van der Waals surface area contributed by atoms with E-state index < -0.39 is 5.97 Å². The number of rotatable bonds is 12. The molecule has 1 atom stereocenters. The minimum atomic E-state index is -0.773. The van der Waals surface area contributed by atoms with Crippen molar-refractivity contribution in [3.63, 3.8) is 0 Å². The van der Waals surface area contributed by atoms with Crippen LogP contribution < -0.4 is 0 Å². The highest BCUT2D eigenvalue weighted by Gasteiger charge is 2.42. The summed E-state index contributed by atoms with van der Waals surface area (Å²) in [4.78, 5) is 11.6. The van der Waals surface area contributed by atoms with Crippen molar-refractivity contribution >= 4 is 5.97 Å². The molecule has 2 saturated carbocycles. The van der Waals surface area contributed by atoms with Crippen molar-refractivity contribution in [1.29, 1.82) is 0 Å². The third-order valence-corrected chi connectivity index (χ3v) is 7.04. The fraction of sp³-hybridized carbons (Fsp3) is 0.643. The van der Waals surface area contributed by atoms with E-state index in [2.05, 4.69) is 38.1 Å². The van der Waals surface area contributed by atoms with Gasteiger partial charge in [-0.1, -0.05) is 56.3 Å². The highest BCUT2D eigenvalue weighted by molar-refractivity contribution is 5.68. The van der Waals surface area contributed by atoms with Gasteiger partial charge in [0.05, 0.1) is 18.7 Å². The summed E-state index contributed by atoms with van der Waals surface area (Å²) < 4.78 is 11.8. The molecule has 2 aromatic rings. The van der Waals surface area contributed by atoms with Gasteiger partial charge in [-0.3, -0.25) is 4.79 Å². The molecule has 0 aliphatic heterocycles. The van der Waals surface area contributed by atoms with Crippen LogP contribution in [-0.4, -0.2) is 22.8 Å². The Hall–Kier alpha value is -2.14. The van der Waals surface area contributed by atoms with Gasteiger partial charge in [0, 0.05) is 24.0 Å². The molecule has 0 spiro atoms. The number of aliphatic carboxylic acids is 1. The molecule has 1 N–H and O–H groups in total. The van der Waals surface area contributed by atoms with Crippen molar-refractivity contribution in [3.8, 4) is 0 Å².